The lowest BCUT2D eigenvalue weighted by Gasteiger charge is -2.27. The van der Waals surface area contributed by atoms with Gasteiger partial charge in [-0.25, -0.2) is 0 Å². The lowest BCUT2D eigenvalue weighted by Crippen LogP contribution is -2.16. The van der Waals surface area contributed by atoms with Crippen LogP contribution in [0.3, 0.4) is 0 Å². The topological polar surface area (TPSA) is 0 Å². The molecule has 0 saturated heterocycles. The molecule has 1 aliphatic carbocycles. The van der Waals surface area contributed by atoms with Gasteiger partial charge >= 0.3 is 0 Å². The zero-order chi connectivity index (χ0) is 17.0. The number of halogens is 2. The molecule has 0 aromatic heterocycles. The number of allylic oxidation sites excluding steroid dienone is 1. The Morgan fingerprint density at radius 2 is 1.61 bits per heavy atom. The second-order valence-electron chi connectivity index (χ2n) is 7.36. The van der Waals surface area contributed by atoms with E-state index < -0.39 is 0 Å². The van der Waals surface area contributed by atoms with Crippen LogP contribution in [-0.4, -0.2) is 4.83 Å². The van der Waals surface area contributed by atoms with Gasteiger partial charge in [-0.15, -0.1) is 5.73 Å². The standard InChI is InChI=1S/C21H36Br2/c1-3-5-6-7-8-11-15-21(17-14-20(23)18-21)16-12-9-10-13-19(22)4-2/h17,19H,3-13,15-16,18H2,1-2H3. The first-order valence-corrected chi connectivity index (χ1v) is 11.6. The van der Waals surface area contributed by atoms with E-state index in [9.17, 15) is 0 Å². The van der Waals surface area contributed by atoms with Crippen LogP contribution in [0.25, 0.3) is 0 Å². The molecule has 0 radical (unpaired) electrons. The zero-order valence-electron chi connectivity index (χ0n) is 15.3. The molecule has 0 amide bonds. The van der Waals surface area contributed by atoms with Gasteiger partial charge in [0.25, 0.3) is 0 Å². The number of unbranched alkanes of at least 4 members (excludes halogenated alkanes) is 7. The molecule has 0 fully saturated rings. The van der Waals surface area contributed by atoms with Crippen LogP contribution in [-0.2, 0) is 0 Å². The average Bonchev–Trinajstić information content (AvgIpc) is 2.91. The SMILES string of the molecule is CCCCCCCCC1(CCCCCC(Br)CC)C=C=C(Br)C1. The number of hydrogen-bond acceptors (Lipinski definition) is 0. The van der Waals surface area contributed by atoms with Gasteiger partial charge < -0.3 is 0 Å². The van der Waals surface area contributed by atoms with Crippen molar-refractivity contribution in [3.05, 3.63) is 16.3 Å². The highest BCUT2D eigenvalue weighted by molar-refractivity contribution is 9.11. The van der Waals surface area contributed by atoms with E-state index in [-0.39, 0.29) is 0 Å². The van der Waals surface area contributed by atoms with Crippen LogP contribution < -0.4 is 0 Å². The Kier molecular flexibility index (Phi) is 12.0. The van der Waals surface area contributed by atoms with Gasteiger partial charge in [0.05, 0.1) is 0 Å². The number of alkyl halides is 1. The fourth-order valence-electron chi connectivity index (χ4n) is 3.57. The zero-order valence-corrected chi connectivity index (χ0v) is 18.5. The number of rotatable bonds is 14. The molecular weight excluding hydrogens is 412 g/mol. The van der Waals surface area contributed by atoms with Gasteiger partial charge in [0, 0.05) is 14.7 Å². The monoisotopic (exact) mass is 446 g/mol. The van der Waals surface area contributed by atoms with Crippen LogP contribution >= 0.6 is 31.9 Å². The van der Waals surface area contributed by atoms with Crippen molar-refractivity contribution >= 4 is 31.9 Å². The van der Waals surface area contributed by atoms with Crippen molar-refractivity contribution in [3.63, 3.8) is 0 Å². The highest BCUT2D eigenvalue weighted by Gasteiger charge is 2.30. The molecule has 0 heterocycles. The van der Waals surface area contributed by atoms with E-state index >= 15 is 0 Å². The molecule has 0 saturated carbocycles. The fourth-order valence-corrected chi connectivity index (χ4v) is 4.57. The minimum absolute atomic E-state index is 0.419. The Labute approximate surface area is 161 Å². The van der Waals surface area contributed by atoms with E-state index in [0.29, 0.717) is 5.41 Å². The second-order valence-corrected chi connectivity index (χ2v) is 9.61. The molecule has 0 aromatic carbocycles. The second kappa shape index (κ2) is 12.8. The van der Waals surface area contributed by atoms with Crippen molar-refractivity contribution < 1.29 is 0 Å². The number of hydrogen-bond donors (Lipinski definition) is 0. The predicted octanol–water partition coefficient (Wildman–Crippen LogP) is 8.69. The molecule has 0 aliphatic heterocycles. The third kappa shape index (κ3) is 9.51. The van der Waals surface area contributed by atoms with E-state index in [4.69, 9.17) is 0 Å². The molecule has 0 nitrogen and oxygen atoms in total. The van der Waals surface area contributed by atoms with Gasteiger partial charge in [0.2, 0.25) is 0 Å². The van der Waals surface area contributed by atoms with Crippen molar-refractivity contribution in [1.82, 2.24) is 0 Å². The lowest BCUT2D eigenvalue weighted by atomic mass is 9.77. The summed E-state index contributed by atoms with van der Waals surface area (Å²) in [6.45, 7) is 4.56. The van der Waals surface area contributed by atoms with Crippen LogP contribution in [0, 0.1) is 5.41 Å². The summed E-state index contributed by atoms with van der Waals surface area (Å²) in [7, 11) is 0. The predicted molar refractivity (Wildman–Crippen MR) is 112 cm³/mol. The Bertz CT molecular complexity index is 368. The van der Waals surface area contributed by atoms with E-state index in [1.807, 2.05) is 0 Å². The van der Waals surface area contributed by atoms with E-state index in [2.05, 4.69) is 57.5 Å². The maximum atomic E-state index is 3.75. The fraction of sp³-hybridized carbons (Fsp3) is 0.857. The Morgan fingerprint density at radius 3 is 2.17 bits per heavy atom. The molecule has 134 valence electrons. The van der Waals surface area contributed by atoms with Gasteiger partial charge in [-0.1, -0.05) is 87.6 Å². The van der Waals surface area contributed by atoms with Crippen LogP contribution in [0.4, 0.5) is 0 Å². The normalized spacial score (nSPS) is 21.7. The summed E-state index contributed by atoms with van der Waals surface area (Å²) in [5.74, 6) is 0. The summed E-state index contributed by atoms with van der Waals surface area (Å²) < 4.78 is 1.29. The first kappa shape index (κ1) is 21.5. The molecule has 0 bridgehead atoms. The van der Waals surface area contributed by atoms with E-state index in [0.717, 1.165) is 4.83 Å². The molecule has 0 aromatic rings. The Balaban J connectivity index is 2.22. The van der Waals surface area contributed by atoms with Crippen molar-refractivity contribution in [2.45, 2.75) is 109 Å². The third-order valence-electron chi connectivity index (χ3n) is 5.21. The minimum atomic E-state index is 0.419. The lowest BCUT2D eigenvalue weighted by molar-refractivity contribution is 0.304. The minimum Gasteiger partial charge on any atom is -0.114 e. The van der Waals surface area contributed by atoms with Crippen molar-refractivity contribution in [2.24, 2.45) is 5.41 Å². The van der Waals surface area contributed by atoms with Crippen molar-refractivity contribution in [2.75, 3.05) is 0 Å². The molecule has 1 aliphatic rings. The van der Waals surface area contributed by atoms with Gasteiger partial charge in [-0.05, 0) is 54.1 Å². The van der Waals surface area contributed by atoms with E-state index in [1.165, 1.54) is 94.4 Å². The molecular formula is C21H36Br2. The molecule has 23 heavy (non-hydrogen) atoms. The maximum Gasteiger partial charge on any atom is 0.0374 e. The average molecular weight is 448 g/mol. The van der Waals surface area contributed by atoms with Crippen LogP contribution in [0.15, 0.2) is 16.3 Å². The van der Waals surface area contributed by atoms with Crippen molar-refractivity contribution in [1.29, 1.82) is 0 Å². The van der Waals surface area contributed by atoms with Crippen LogP contribution in [0.1, 0.15) is 104 Å². The molecule has 2 atom stereocenters. The summed E-state index contributed by atoms with van der Waals surface area (Å²) in [5.41, 5.74) is 3.86. The summed E-state index contributed by atoms with van der Waals surface area (Å²) in [5, 5.41) is 0. The molecule has 0 N–H and O–H groups in total. The quantitative estimate of drug-likeness (QED) is 0.142. The van der Waals surface area contributed by atoms with Gasteiger partial charge in [-0.3, -0.25) is 0 Å². The largest absolute Gasteiger partial charge is 0.114 e. The molecule has 2 unspecified atom stereocenters. The third-order valence-corrected chi connectivity index (χ3v) is 6.82. The highest BCUT2D eigenvalue weighted by Crippen LogP contribution is 2.43. The summed E-state index contributed by atoms with van der Waals surface area (Å²) >= 11 is 7.42. The van der Waals surface area contributed by atoms with Crippen molar-refractivity contribution in [3.8, 4) is 0 Å². The van der Waals surface area contributed by atoms with Gasteiger partial charge in [-0.2, -0.15) is 0 Å². The highest BCUT2D eigenvalue weighted by atomic mass is 79.9. The van der Waals surface area contributed by atoms with E-state index in [1.54, 1.807) is 0 Å². The van der Waals surface area contributed by atoms with Crippen LogP contribution in [0.5, 0.6) is 0 Å². The first-order valence-electron chi connectivity index (χ1n) is 9.88. The Hall–Kier alpha value is 0.480. The summed E-state index contributed by atoms with van der Waals surface area (Å²) in [4.78, 5) is 0.724. The smallest absolute Gasteiger partial charge is 0.0374 e. The first-order chi connectivity index (χ1) is 11.1. The van der Waals surface area contributed by atoms with Crippen LogP contribution in [0.2, 0.25) is 0 Å². The molecule has 0 spiro atoms. The summed E-state index contributed by atoms with van der Waals surface area (Å²) in [6.07, 6.45) is 21.4. The maximum absolute atomic E-state index is 3.75. The van der Waals surface area contributed by atoms with Gasteiger partial charge in [0.1, 0.15) is 0 Å². The summed E-state index contributed by atoms with van der Waals surface area (Å²) in [6, 6.07) is 0. The molecule has 2 heteroatoms. The molecule has 1 rings (SSSR count). The Morgan fingerprint density at radius 1 is 1.00 bits per heavy atom. The van der Waals surface area contributed by atoms with Gasteiger partial charge in [0.15, 0.2) is 0 Å².